The van der Waals surface area contributed by atoms with E-state index in [9.17, 15) is 14.3 Å². The van der Waals surface area contributed by atoms with Crippen LogP contribution in [0.4, 0.5) is 4.39 Å². The van der Waals surface area contributed by atoms with E-state index in [2.05, 4.69) is 20.9 Å². The Morgan fingerprint density at radius 1 is 1.37 bits per heavy atom. The highest BCUT2D eigenvalue weighted by Gasteiger charge is 2.23. The van der Waals surface area contributed by atoms with Crippen molar-refractivity contribution in [2.75, 3.05) is 0 Å². The summed E-state index contributed by atoms with van der Waals surface area (Å²) in [6.45, 7) is 0. The Labute approximate surface area is 118 Å². The number of rotatable bonds is 4. The molecular formula is C14H11BrFNO2. The molecule has 0 saturated carbocycles. The van der Waals surface area contributed by atoms with Crippen LogP contribution in [0.5, 0.6) is 0 Å². The summed E-state index contributed by atoms with van der Waals surface area (Å²) in [5.74, 6) is -2.19. The van der Waals surface area contributed by atoms with Gasteiger partial charge in [-0.1, -0.05) is 18.2 Å². The van der Waals surface area contributed by atoms with Crippen LogP contribution in [0.25, 0.3) is 0 Å². The maximum atomic E-state index is 13.6. The van der Waals surface area contributed by atoms with E-state index >= 15 is 0 Å². The van der Waals surface area contributed by atoms with E-state index in [1.807, 2.05) is 0 Å². The quantitative estimate of drug-likeness (QED) is 0.938. The van der Waals surface area contributed by atoms with Crippen LogP contribution in [-0.2, 0) is 11.2 Å². The van der Waals surface area contributed by atoms with Gasteiger partial charge in [0, 0.05) is 16.9 Å². The van der Waals surface area contributed by atoms with Gasteiger partial charge in [-0.25, -0.2) is 4.39 Å². The van der Waals surface area contributed by atoms with Crippen molar-refractivity contribution in [2.45, 2.75) is 12.3 Å². The van der Waals surface area contributed by atoms with Crippen molar-refractivity contribution in [2.24, 2.45) is 0 Å². The van der Waals surface area contributed by atoms with Gasteiger partial charge in [0.2, 0.25) is 0 Å². The number of aromatic nitrogens is 1. The second kappa shape index (κ2) is 5.93. The number of carbonyl (C=O) groups is 1. The Morgan fingerprint density at radius 3 is 2.74 bits per heavy atom. The van der Waals surface area contributed by atoms with Gasteiger partial charge in [-0.05, 0) is 45.6 Å². The number of carboxylic acid groups (broad SMARTS) is 1. The molecule has 1 unspecified atom stereocenters. The van der Waals surface area contributed by atoms with Gasteiger partial charge in [-0.3, -0.25) is 9.78 Å². The van der Waals surface area contributed by atoms with E-state index in [1.165, 1.54) is 18.5 Å². The Kier molecular flexibility index (Phi) is 4.27. The maximum absolute atomic E-state index is 13.6. The summed E-state index contributed by atoms with van der Waals surface area (Å²) in [7, 11) is 0. The van der Waals surface area contributed by atoms with E-state index in [4.69, 9.17) is 0 Å². The summed E-state index contributed by atoms with van der Waals surface area (Å²) in [5, 5.41) is 9.34. The number of pyridine rings is 1. The van der Waals surface area contributed by atoms with Crippen LogP contribution < -0.4 is 0 Å². The largest absolute Gasteiger partial charge is 0.481 e. The number of nitrogens with zero attached hydrogens (tertiary/aromatic N) is 1. The lowest BCUT2D eigenvalue weighted by molar-refractivity contribution is -0.138. The Bertz CT molecular complexity index is 604. The summed E-state index contributed by atoms with van der Waals surface area (Å²) >= 11 is 3.28. The molecule has 0 aliphatic heterocycles. The molecule has 5 heteroatoms. The lowest BCUT2D eigenvalue weighted by Crippen LogP contribution is -2.15. The standard InChI is InChI=1S/C14H11BrFNO2/c15-12-8-17-6-5-10(12)11(14(18)19)7-9-3-1-2-4-13(9)16/h1-6,8,11H,7H2,(H,18,19). The first-order valence-electron chi connectivity index (χ1n) is 5.65. The molecule has 0 bridgehead atoms. The minimum Gasteiger partial charge on any atom is -0.481 e. The van der Waals surface area contributed by atoms with Gasteiger partial charge in [-0.15, -0.1) is 0 Å². The maximum Gasteiger partial charge on any atom is 0.311 e. The second-order valence-corrected chi connectivity index (χ2v) is 4.94. The molecule has 0 amide bonds. The van der Waals surface area contributed by atoms with Crippen LogP contribution in [0.1, 0.15) is 17.0 Å². The van der Waals surface area contributed by atoms with Crippen molar-refractivity contribution in [1.29, 1.82) is 0 Å². The molecular weight excluding hydrogens is 313 g/mol. The molecule has 2 rings (SSSR count). The predicted molar refractivity (Wildman–Crippen MR) is 72.4 cm³/mol. The molecule has 98 valence electrons. The van der Waals surface area contributed by atoms with Gasteiger partial charge in [0.05, 0.1) is 5.92 Å². The normalized spacial score (nSPS) is 12.1. The van der Waals surface area contributed by atoms with Gasteiger partial charge < -0.3 is 5.11 Å². The molecule has 0 radical (unpaired) electrons. The molecule has 1 heterocycles. The molecule has 0 saturated heterocycles. The molecule has 2 aromatic rings. The van der Waals surface area contributed by atoms with Crippen LogP contribution in [0.2, 0.25) is 0 Å². The van der Waals surface area contributed by atoms with Crippen molar-refractivity contribution < 1.29 is 14.3 Å². The van der Waals surface area contributed by atoms with Crippen LogP contribution in [0, 0.1) is 5.82 Å². The van der Waals surface area contributed by atoms with Crippen molar-refractivity contribution in [1.82, 2.24) is 4.98 Å². The minimum absolute atomic E-state index is 0.102. The summed E-state index contributed by atoms with van der Waals surface area (Å²) in [6, 6.07) is 7.83. The highest BCUT2D eigenvalue weighted by atomic mass is 79.9. The van der Waals surface area contributed by atoms with Crippen molar-refractivity contribution in [3.05, 3.63) is 64.1 Å². The second-order valence-electron chi connectivity index (χ2n) is 4.08. The average Bonchev–Trinajstić information content (AvgIpc) is 2.38. The van der Waals surface area contributed by atoms with Crippen LogP contribution in [0.3, 0.4) is 0 Å². The zero-order valence-electron chi connectivity index (χ0n) is 9.88. The zero-order chi connectivity index (χ0) is 13.8. The molecule has 1 N–H and O–H groups in total. The molecule has 0 fully saturated rings. The van der Waals surface area contributed by atoms with Gasteiger partial charge in [-0.2, -0.15) is 0 Å². The number of halogens is 2. The fourth-order valence-electron chi connectivity index (χ4n) is 1.88. The number of carboxylic acids is 1. The van der Waals surface area contributed by atoms with Crippen LogP contribution in [-0.4, -0.2) is 16.1 Å². The van der Waals surface area contributed by atoms with E-state index in [0.29, 0.717) is 15.6 Å². The Balaban J connectivity index is 2.35. The van der Waals surface area contributed by atoms with Crippen molar-refractivity contribution >= 4 is 21.9 Å². The van der Waals surface area contributed by atoms with Gasteiger partial charge in [0.15, 0.2) is 0 Å². The Morgan fingerprint density at radius 2 is 2.11 bits per heavy atom. The van der Waals surface area contributed by atoms with Gasteiger partial charge in [0.25, 0.3) is 0 Å². The fourth-order valence-corrected chi connectivity index (χ4v) is 2.41. The summed E-state index contributed by atoms with van der Waals surface area (Å²) in [5.41, 5.74) is 0.976. The van der Waals surface area contributed by atoms with Crippen LogP contribution >= 0.6 is 15.9 Å². The van der Waals surface area contributed by atoms with E-state index < -0.39 is 11.9 Å². The monoisotopic (exact) mass is 323 g/mol. The van der Waals surface area contributed by atoms with E-state index in [1.54, 1.807) is 24.3 Å². The third kappa shape index (κ3) is 3.17. The fraction of sp³-hybridized carbons (Fsp3) is 0.143. The van der Waals surface area contributed by atoms with Crippen molar-refractivity contribution in [3.8, 4) is 0 Å². The average molecular weight is 324 g/mol. The third-order valence-electron chi connectivity index (χ3n) is 2.86. The van der Waals surface area contributed by atoms with Crippen molar-refractivity contribution in [3.63, 3.8) is 0 Å². The van der Waals surface area contributed by atoms with Crippen LogP contribution in [0.15, 0.2) is 47.2 Å². The topological polar surface area (TPSA) is 50.2 Å². The lowest BCUT2D eigenvalue weighted by atomic mass is 9.92. The first kappa shape index (κ1) is 13.7. The smallest absolute Gasteiger partial charge is 0.311 e. The zero-order valence-corrected chi connectivity index (χ0v) is 11.5. The highest BCUT2D eigenvalue weighted by Crippen LogP contribution is 2.28. The first-order valence-corrected chi connectivity index (χ1v) is 6.44. The number of hydrogen-bond acceptors (Lipinski definition) is 2. The SMILES string of the molecule is O=C(O)C(Cc1ccccc1F)c1ccncc1Br. The lowest BCUT2D eigenvalue weighted by Gasteiger charge is -2.14. The molecule has 0 aliphatic carbocycles. The number of aliphatic carboxylic acids is 1. The number of hydrogen-bond donors (Lipinski definition) is 1. The summed E-state index contributed by atoms with van der Waals surface area (Å²) in [6.07, 6.45) is 3.16. The van der Waals surface area contributed by atoms with E-state index in [0.717, 1.165) is 0 Å². The molecule has 19 heavy (non-hydrogen) atoms. The van der Waals surface area contributed by atoms with E-state index in [-0.39, 0.29) is 12.2 Å². The molecule has 1 aromatic carbocycles. The van der Waals surface area contributed by atoms with Gasteiger partial charge in [0.1, 0.15) is 5.82 Å². The summed E-state index contributed by atoms with van der Waals surface area (Å²) < 4.78 is 14.2. The Hall–Kier alpha value is -1.75. The predicted octanol–water partition coefficient (Wildman–Crippen LogP) is 3.39. The molecule has 1 atom stereocenters. The van der Waals surface area contributed by atoms with Gasteiger partial charge >= 0.3 is 5.97 Å². The third-order valence-corrected chi connectivity index (χ3v) is 3.52. The molecule has 1 aromatic heterocycles. The molecule has 3 nitrogen and oxygen atoms in total. The molecule has 0 aliphatic rings. The highest BCUT2D eigenvalue weighted by molar-refractivity contribution is 9.10. The molecule has 0 spiro atoms. The first-order chi connectivity index (χ1) is 9.09. The number of benzene rings is 1. The minimum atomic E-state index is -0.991. The summed E-state index contributed by atoms with van der Waals surface area (Å²) in [4.78, 5) is 15.3.